The SMILES string of the molecule is COc1ccc(C2SCC(C(=O)NCCCN3CCCCC3C)N2C(=O)c2cc(OC)c(OC)c(OC)c2)cc1OC. The van der Waals surface area contributed by atoms with Crippen molar-refractivity contribution in [1.29, 1.82) is 0 Å². The van der Waals surface area contributed by atoms with Crippen LogP contribution in [0.5, 0.6) is 28.7 Å². The fourth-order valence-corrected chi connectivity index (χ4v) is 7.09. The Labute approximate surface area is 252 Å². The van der Waals surface area contributed by atoms with Crippen molar-refractivity contribution < 1.29 is 33.3 Å². The third-order valence-corrected chi connectivity index (χ3v) is 9.33. The van der Waals surface area contributed by atoms with E-state index < -0.39 is 11.4 Å². The van der Waals surface area contributed by atoms with Crippen molar-refractivity contribution in [2.75, 3.05) is 60.9 Å². The van der Waals surface area contributed by atoms with Crippen LogP contribution >= 0.6 is 11.8 Å². The molecule has 2 saturated heterocycles. The van der Waals surface area contributed by atoms with Gasteiger partial charge in [-0.05, 0) is 62.6 Å². The number of benzene rings is 2. The highest BCUT2D eigenvalue weighted by Crippen LogP contribution is 2.46. The van der Waals surface area contributed by atoms with E-state index in [9.17, 15) is 9.59 Å². The fourth-order valence-electron chi connectivity index (χ4n) is 5.67. The lowest BCUT2D eigenvalue weighted by molar-refractivity contribution is -0.124. The van der Waals surface area contributed by atoms with E-state index in [2.05, 4.69) is 17.1 Å². The van der Waals surface area contributed by atoms with Crippen molar-refractivity contribution in [3.8, 4) is 28.7 Å². The Morgan fingerprint density at radius 2 is 1.60 bits per heavy atom. The number of carbonyl (C=O) groups is 2. The summed E-state index contributed by atoms with van der Waals surface area (Å²) < 4.78 is 27.4. The van der Waals surface area contributed by atoms with Crippen molar-refractivity contribution in [3.05, 3.63) is 41.5 Å². The van der Waals surface area contributed by atoms with Crippen molar-refractivity contribution in [2.45, 2.75) is 50.1 Å². The average Bonchev–Trinajstić information content (AvgIpc) is 3.47. The van der Waals surface area contributed by atoms with E-state index in [4.69, 9.17) is 23.7 Å². The van der Waals surface area contributed by atoms with Gasteiger partial charge in [0.1, 0.15) is 11.4 Å². The normalized spacial score (nSPS) is 20.6. The molecule has 1 N–H and O–H groups in total. The summed E-state index contributed by atoms with van der Waals surface area (Å²) in [5.41, 5.74) is 1.15. The summed E-state index contributed by atoms with van der Waals surface area (Å²) in [6.45, 7) is 4.88. The summed E-state index contributed by atoms with van der Waals surface area (Å²) >= 11 is 1.54. The van der Waals surface area contributed by atoms with E-state index in [0.717, 1.165) is 25.1 Å². The molecule has 4 rings (SSSR count). The van der Waals surface area contributed by atoms with Gasteiger partial charge in [0.25, 0.3) is 5.91 Å². The highest BCUT2D eigenvalue weighted by atomic mass is 32.2. The fraction of sp³-hybridized carbons (Fsp3) is 0.548. The van der Waals surface area contributed by atoms with Gasteiger partial charge >= 0.3 is 0 Å². The second kappa shape index (κ2) is 14.7. The maximum Gasteiger partial charge on any atom is 0.256 e. The van der Waals surface area contributed by atoms with Gasteiger partial charge in [-0.15, -0.1) is 11.8 Å². The van der Waals surface area contributed by atoms with Crippen LogP contribution in [0.25, 0.3) is 0 Å². The summed E-state index contributed by atoms with van der Waals surface area (Å²) in [4.78, 5) is 32.0. The molecule has 10 nitrogen and oxygen atoms in total. The summed E-state index contributed by atoms with van der Waals surface area (Å²) in [5.74, 6) is 2.22. The summed E-state index contributed by atoms with van der Waals surface area (Å²) in [6.07, 6.45) is 4.59. The zero-order valence-corrected chi connectivity index (χ0v) is 26.3. The maximum absolute atomic E-state index is 14.2. The predicted octanol–water partition coefficient (Wildman–Crippen LogP) is 4.37. The highest BCUT2D eigenvalue weighted by Gasteiger charge is 2.43. The van der Waals surface area contributed by atoms with Crippen LogP contribution in [0.15, 0.2) is 30.3 Å². The lowest BCUT2D eigenvalue weighted by Crippen LogP contribution is -2.48. The second-order valence-electron chi connectivity index (χ2n) is 10.5. The van der Waals surface area contributed by atoms with E-state index in [1.165, 1.54) is 52.4 Å². The largest absolute Gasteiger partial charge is 0.493 e. The number of hydrogen-bond acceptors (Lipinski definition) is 9. The molecule has 11 heteroatoms. The molecule has 0 aromatic heterocycles. The topological polar surface area (TPSA) is 98.8 Å². The molecule has 0 bridgehead atoms. The number of likely N-dealkylation sites (tertiary alicyclic amines) is 1. The van der Waals surface area contributed by atoms with Crippen LogP contribution in [0.1, 0.15) is 53.9 Å². The van der Waals surface area contributed by atoms with Crippen LogP contribution in [0.2, 0.25) is 0 Å². The molecular formula is C31H43N3O7S. The van der Waals surface area contributed by atoms with E-state index in [1.54, 1.807) is 31.3 Å². The first-order valence-electron chi connectivity index (χ1n) is 14.3. The molecule has 0 saturated carbocycles. The van der Waals surface area contributed by atoms with Gasteiger partial charge in [0.15, 0.2) is 23.0 Å². The molecule has 42 heavy (non-hydrogen) atoms. The van der Waals surface area contributed by atoms with Crippen LogP contribution in [0, 0.1) is 0 Å². The number of ether oxygens (including phenoxy) is 5. The smallest absolute Gasteiger partial charge is 0.256 e. The first kappa shape index (κ1) is 31.6. The Morgan fingerprint density at radius 1 is 0.905 bits per heavy atom. The van der Waals surface area contributed by atoms with Crippen LogP contribution < -0.4 is 29.0 Å². The summed E-state index contributed by atoms with van der Waals surface area (Å²) in [6, 6.07) is 8.70. The Morgan fingerprint density at radius 3 is 2.21 bits per heavy atom. The zero-order chi connectivity index (χ0) is 30.2. The first-order chi connectivity index (χ1) is 20.4. The average molecular weight is 602 g/mol. The van der Waals surface area contributed by atoms with Crippen molar-refractivity contribution in [3.63, 3.8) is 0 Å². The Kier molecular flexibility index (Phi) is 11.1. The van der Waals surface area contributed by atoms with Crippen LogP contribution in [0.3, 0.4) is 0 Å². The number of thioether (sulfide) groups is 1. The van der Waals surface area contributed by atoms with Gasteiger partial charge in [-0.25, -0.2) is 0 Å². The molecule has 3 unspecified atom stereocenters. The zero-order valence-electron chi connectivity index (χ0n) is 25.4. The second-order valence-corrected chi connectivity index (χ2v) is 11.6. The van der Waals surface area contributed by atoms with Gasteiger partial charge in [-0.2, -0.15) is 0 Å². The first-order valence-corrected chi connectivity index (χ1v) is 15.4. The third kappa shape index (κ3) is 6.83. The van der Waals surface area contributed by atoms with Crippen molar-refractivity contribution in [2.24, 2.45) is 0 Å². The molecule has 2 aliphatic rings. The molecule has 2 fully saturated rings. The number of hydrogen-bond donors (Lipinski definition) is 1. The molecule has 2 aliphatic heterocycles. The number of piperidine rings is 1. The van der Waals surface area contributed by atoms with Gasteiger partial charge in [-0.1, -0.05) is 12.5 Å². The van der Waals surface area contributed by atoms with E-state index in [-0.39, 0.29) is 11.8 Å². The minimum Gasteiger partial charge on any atom is -0.493 e. The molecule has 2 aromatic rings. The molecule has 0 spiro atoms. The standard InChI is InChI=1S/C31H43N3O7S/c1-20-10-7-8-14-33(20)15-9-13-32-29(35)23-19-42-31(21-11-12-24(37-2)25(16-21)38-3)34(23)30(36)22-17-26(39-4)28(41-6)27(18-22)40-5/h11-12,16-18,20,23,31H,7-10,13-15,19H2,1-6H3,(H,32,35). The third-order valence-electron chi connectivity index (χ3n) is 8.00. The molecule has 2 amide bonds. The monoisotopic (exact) mass is 601 g/mol. The minimum atomic E-state index is -0.673. The maximum atomic E-state index is 14.2. The molecule has 2 heterocycles. The Hall–Kier alpha value is -3.31. The van der Waals surface area contributed by atoms with Crippen molar-refractivity contribution >= 4 is 23.6 Å². The molecule has 0 aliphatic carbocycles. The molecule has 2 aromatic carbocycles. The van der Waals surface area contributed by atoms with Gasteiger partial charge in [-0.3, -0.25) is 9.59 Å². The number of nitrogens with one attached hydrogen (secondary N) is 1. The summed E-state index contributed by atoms with van der Waals surface area (Å²) in [7, 11) is 7.67. The molecule has 230 valence electrons. The van der Waals surface area contributed by atoms with Gasteiger partial charge in [0.05, 0.1) is 35.5 Å². The highest BCUT2D eigenvalue weighted by molar-refractivity contribution is 7.99. The van der Waals surface area contributed by atoms with Gasteiger partial charge in [0, 0.05) is 30.4 Å². The van der Waals surface area contributed by atoms with Crippen LogP contribution in [-0.2, 0) is 4.79 Å². The number of carbonyl (C=O) groups excluding carboxylic acids is 2. The number of methoxy groups -OCH3 is 5. The van der Waals surface area contributed by atoms with Crippen LogP contribution in [0.4, 0.5) is 0 Å². The van der Waals surface area contributed by atoms with Crippen molar-refractivity contribution in [1.82, 2.24) is 15.1 Å². The molecule has 0 radical (unpaired) electrons. The molecular weight excluding hydrogens is 558 g/mol. The number of nitrogens with zero attached hydrogens (tertiary/aromatic N) is 2. The van der Waals surface area contributed by atoms with E-state index >= 15 is 0 Å². The lowest BCUT2D eigenvalue weighted by Gasteiger charge is -2.33. The Balaban J connectivity index is 1.60. The number of amides is 2. The predicted molar refractivity (Wildman–Crippen MR) is 163 cm³/mol. The lowest BCUT2D eigenvalue weighted by atomic mass is 10.0. The van der Waals surface area contributed by atoms with E-state index in [1.807, 2.05) is 18.2 Å². The van der Waals surface area contributed by atoms with Crippen LogP contribution in [-0.4, -0.2) is 94.6 Å². The van der Waals surface area contributed by atoms with Gasteiger partial charge in [0.2, 0.25) is 11.7 Å². The van der Waals surface area contributed by atoms with E-state index in [0.29, 0.717) is 52.7 Å². The van der Waals surface area contributed by atoms with Gasteiger partial charge < -0.3 is 38.8 Å². The Bertz CT molecular complexity index is 1220. The molecule has 3 atom stereocenters. The summed E-state index contributed by atoms with van der Waals surface area (Å²) in [5, 5.41) is 2.68. The number of rotatable bonds is 12. The minimum absolute atomic E-state index is 0.169. The quantitative estimate of drug-likeness (QED) is 0.356.